The van der Waals surface area contributed by atoms with E-state index in [2.05, 4.69) is 11.2 Å². The lowest BCUT2D eigenvalue weighted by Crippen LogP contribution is -2.32. The van der Waals surface area contributed by atoms with Crippen LogP contribution in [0.15, 0.2) is 48.8 Å². The average Bonchev–Trinajstić information content (AvgIpc) is 2.57. The molecule has 0 saturated heterocycles. The Balaban J connectivity index is 1.98. The number of carbonyl (C=O) groups excluding carboxylic acids is 1. The zero-order chi connectivity index (χ0) is 15.8. The van der Waals surface area contributed by atoms with Gasteiger partial charge in [0, 0.05) is 36.8 Å². The minimum absolute atomic E-state index is 0.104. The molecule has 1 aromatic carbocycles. The molecule has 0 N–H and O–H groups in total. The van der Waals surface area contributed by atoms with Gasteiger partial charge in [-0.25, -0.2) is 0 Å². The van der Waals surface area contributed by atoms with E-state index in [0.29, 0.717) is 0 Å². The van der Waals surface area contributed by atoms with E-state index >= 15 is 0 Å². The Morgan fingerprint density at radius 3 is 2.36 bits per heavy atom. The molecular weight excluding hydrogens is 292 g/mol. The summed E-state index contributed by atoms with van der Waals surface area (Å²) in [6.07, 6.45) is 6.51. The van der Waals surface area contributed by atoms with Gasteiger partial charge in [-0.05, 0) is 55.0 Å². The van der Waals surface area contributed by atoms with Crippen LogP contribution < -0.4 is 0 Å². The molecule has 2 aromatic rings. The molecule has 1 heterocycles. The standard InChI is InChI=1S/C18H22N2OS/c1-3-20(13-10-15-8-11-19-12-9-15)18(21)17-6-4-16(5-7-17)14-22-2/h4-9,11-12H,3,10,13-14H2,1-2H3. The van der Waals surface area contributed by atoms with Crippen molar-refractivity contribution in [1.29, 1.82) is 0 Å². The van der Waals surface area contributed by atoms with Crippen LogP contribution in [0, 0.1) is 0 Å². The van der Waals surface area contributed by atoms with Gasteiger partial charge in [0.25, 0.3) is 5.91 Å². The van der Waals surface area contributed by atoms with Gasteiger partial charge in [0.15, 0.2) is 0 Å². The second-order valence-electron chi connectivity index (χ2n) is 5.12. The Labute approximate surface area is 136 Å². The zero-order valence-corrected chi connectivity index (χ0v) is 14.0. The Morgan fingerprint density at radius 1 is 1.09 bits per heavy atom. The number of nitrogens with zero attached hydrogens (tertiary/aromatic N) is 2. The number of pyridine rings is 1. The van der Waals surface area contributed by atoms with Crippen LogP contribution in [0.1, 0.15) is 28.4 Å². The predicted octanol–water partition coefficient (Wildman–Crippen LogP) is 3.65. The molecule has 1 aromatic heterocycles. The van der Waals surface area contributed by atoms with Gasteiger partial charge in [0.2, 0.25) is 0 Å². The summed E-state index contributed by atoms with van der Waals surface area (Å²) in [6, 6.07) is 11.9. The summed E-state index contributed by atoms with van der Waals surface area (Å²) in [7, 11) is 0. The van der Waals surface area contributed by atoms with E-state index in [0.717, 1.165) is 30.8 Å². The monoisotopic (exact) mass is 314 g/mol. The zero-order valence-electron chi connectivity index (χ0n) is 13.2. The number of likely N-dealkylation sites (N-methyl/N-ethyl adjacent to an activating group) is 1. The first-order valence-electron chi connectivity index (χ1n) is 7.50. The van der Waals surface area contributed by atoms with Crippen molar-refractivity contribution in [1.82, 2.24) is 9.88 Å². The molecule has 0 bridgehead atoms. The second-order valence-corrected chi connectivity index (χ2v) is 5.99. The fraction of sp³-hybridized carbons (Fsp3) is 0.333. The molecule has 0 atom stereocenters. The first-order valence-corrected chi connectivity index (χ1v) is 8.90. The minimum atomic E-state index is 0.104. The third-order valence-electron chi connectivity index (χ3n) is 3.60. The Kier molecular flexibility index (Phi) is 6.46. The molecule has 3 nitrogen and oxygen atoms in total. The first-order chi connectivity index (χ1) is 10.7. The third-order valence-corrected chi connectivity index (χ3v) is 4.22. The maximum absolute atomic E-state index is 12.6. The van der Waals surface area contributed by atoms with E-state index < -0.39 is 0 Å². The number of benzene rings is 1. The number of rotatable bonds is 7. The van der Waals surface area contributed by atoms with Crippen LogP contribution in [0.2, 0.25) is 0 Å². The highest BCUT2D eigenvalue weighted by Gasteiger charge is 2.13. The van der Waals surface area contributed by atoms with Gasteiger partial charge >= 0.3 is 0 Å². The summed E-state index contributed by atoms with van der Waals surface area (Å²) in [4.78, 5) is 18.5. The van der Waals surface area contributed by atoms with E-state index in [4.69, 9.17) is 0 Å². The summed E-state index contributed by atoms with van der Waals surface area (Å²) < 4.78 is 0. The summed E-state index contributed by atoms with van der Waals surface area (Å²) in [5.74, 6) is 1.08. The van der Waals surface area contributed by atoms with Crippen LogP contribution in [0.4, 0.5) is 0 Å². The lowest BCUT2D eigenvalue weighted by Gasteiger charge is -2.21. The van der Waals surface area contributed by atoms with Crippen molar-refractivity contribution < 1.29 is 4.79 Å². The van der Waals surface area contributed by atoms with Crippen molar-refractivity contribution in [2.75, 3.05) is 19.3 Å². The molecule has 22 heavy (non-hydrogen) atoms. The lowest BCUT2D eigenvalue weighted by molar-refractivity contribution is 0.0766. The van der Waals surface area contributed by atoms with E-state index in [-0.39, 0.29) is 5.91 Å². The maximum Gasteiger partial charge on any atom is 0.253 e. The highest BCUT2D eigenvalue weighted by Crippen LogP contribution is 2.12. The topological polar surface area (TPSA) is 33.2 Å². The van der Waals surface area contributed by atoms with E-state index in [9.17, 15) is 4.79 Å². The van der Waals surface area contributed by atoms with Crippen LogP contribution in [0.3, 0.4) is 0 Å². The molecule has 0 unspecified atom stereocenters. The van der Waals surface area contributed by atoms with E-state index in [1.165, 1.54) is 11.1 Å². The Hall–Kier alpha value is -1.81. The fourth-order valence-corrected chi connectivity index (χ4v) is 2.84. The SMILES string of the molecule is CCN(CCc1ccncc1)C(=O)c1ccc(CSC)cc1. The summed E-state index contributed by atoms with van der Waals surface area (Å²) in [6.45, 7) is 3.47. The summed E-state index contributed by atoms with van der Waals surface area (Å²) in [5, 5.41) is 0. The van der Waals surface area contributed by atoms with Crippen molar-refractivity contribution in [3.05, 3.63) is 65.5 Å². The van der Waals surface area contributed by atoms with E-state index in [1.54, 1.807) is 24.2 Å². The summed E-state index contributed by atoms with van der Waals surface area (Å²) in [5.41, 5.74) is 3.22. The van der Waals surface area contributed by atoms with Crippen molar-refractivity contribution >= 4 is 17.7 Å². The molecule has 2 rings (SSSR count). The van der Waals surface area contributed by atoms with Gasteiger partial charge < -0.3 is 4.90 Å². The van der Waals surface area contributed by atoms with Crippen molar-refractivity contribution in [3.63, 3.8) is 0 Å². The Bertz CT molecular complexity index is 584. The quantitative estimate of drug-likeness (QED) is 0.782. The van der Waals surface area contributed by atoms with Crippen LogP contribution in [-0.2, 0) is 12.2 Å². The molecule has 0 spiro atoms. The van der Waals surface area contributed by atoms with Gasteiger partial charge in [-0.15, -0.1) is 0 Å². The van der Waals surface area contributed by atoms with Crippen LogP contribution >= 0.6 is 11.8 Å². The molecule has 0 fully saturated rings. The van der Waals surface area contributed by atoms with Gasteiger partial charge in [0.1, 0.15) is 0 Å². The van der Waals surface area contributed by atoms with Crippen LogP contribution in [-0.4, -0.2) is 35.1 Å². The van der Waals surface area contributed by atoms with Gasteiger partial charge in [-0.3, -0.25) is 9.78 Å². The minimum Gasteiger partial charge on any atom is -0.339 e. The molecular formula is C18H22N2OS. The second kappa shape index (κ2) is 8.59. The largest absolute Gasteiger partial charge is 0.339 e. The van der Waals surface area contributed by atoms with Gasteiger partial charge in [-0.1, -0.05) is 12.1 Å². The molecule has 0 aliphatic carbocycles. The highest BCUT2D eigenvalue weighted by atomic mass is 32.2. The van der Waals surface area contributed by atoms with Crippen molar-refractivity contribution in [2.24, 2.45) is 0 Å². The number of hydrogen-bond donors (Lipinski definition) is 0. The molecule has 1 amide bonds. The molecule has 4 heteroatoms. The van der Waals surface area contributed by atoms with Crippen molar-refractivity contribution in [2.45, 2.75) is 19.1 Å². The molecule has 0 radical (unpaired) electrons. The fourth-order valence-electron chi connectivity index (χ4n) is 2.31. The molecule has 0 saturated carbocycles. The average molecular weight is 314 g/mol. The molecule has 0 aliphatic rings. The number of aromatic nitrogens is 1. The Morgan fingerprint density at radius 2 is 1.77 bits per heavy atom. The number of carbonyl (C=O) groups is 1. The van der Waals surface area contributed by atoms with Crippen LogP contribution in [0.25, 0.3) is 0 Å². The first kappa shape index (κ1) is 16.6. The highest BCUT2D eigenvalue weighted by molar-refractivity contribution is 7.97. The van der Waals surface area contributed by atoms with Crippen molar-refractivity contribution in [3.8, 4) is 0 Å². The lowest BCUT2D eigenvalue weighted by atomic mass is 10.1. The predicted molar refractivity (Wildman–Crippen MR) is 93.2 cm³/mol. The molecule has 116 valence electrons. The smallest absolute Gasteiger partial charge is 0.253 e. The number of amides is 1. The normalized spacial score (nSPS) is 10.5. The number of thioether (sulfide) groups is 1. The van der Waals surface area contributed by atoms with Gasteiger partial charge in [0.05, 0.1) is 0 Å². The van der Waals surface area contributed by atoms with E-state index in [1.807, 2.05) is 48.2 Å². The number of hydrogen-bond acceptors (Lipinski definition) is 3. The maximum atomic E-state index is 12.6. The molecule has 0 aliphatic heterocycles. The van der Waals surface area contributed by atoms with Crippen LogP contribution in [0.5, 0.6) is 0 Å². The summed E-state index contributed by atoms with van der Waals surface area (Å²) >= 11 is 1.79. The third kappa shape index (κ3) is 4.60. The van der Waals surface area contributed by atoms with Gasteiger partial charge in [-0.2, -0.15) is 11.8 Å².